The van der Waals surface area contributed by atoms with E-state index in [9.17, 15) is 18.0 Å². The van der Waals surface area contributed by atoms with E-state index >= 15 is 0 Å². The quantitative estimate of drug-likeness (QED) is 0.754. The van der Waals surface area contributed by atoms with E-state index in [1.54, 1.807) is 37.3 Å². The van der Waals surface area contributed by atoms with Crippen LogP contribution in [0.4, 0.5) is 5.69 Å². The van der Waals surface area contributed by atoms with Gasteiger partial charge in [0.2, 0.25) is 15.9 Å². The third kappa shape index (κ3) is 4.68. The summed E-state index contributed by atoms with van der Waals surface area (Å²) in [4.78, 5) is 23.9. The van der Waals surface area contributed by atoms with E-state index in [0.29, 0.717) is 11.4 Å². The largest absolute Gasteiger partial charge is 0.481 e. The van der Waals surface area contributed by atoms with Crippen LogP contribution in [0.25, 0.3) is 0 Å². The van der Waals surface area contributed by atoms with Gasteiger partial charge in [0.1, 0.15) is 5.75 Å². The van der Waals surface area contributed by atoms with E-state index in [4.69, 9.17) is 4.74 Å². The molecule has 28 heavy (non-hydrogen) atoms. The number of sulfonamides is 1. The highest BCUT2D eigenvalue weighted by molar-refractivity contribution is 7.89. The maximum absolute atomic E-state index is 12.8. The van der Waals surface area contributed by atoms with Gasteiger partial charge in [0, 0.05) is 18.8 Å². The molecule has 1 aliphatic rings. The number of rotatable bonds is 6. The molecule has 1 fully saturated rings. The van der Waals surface area contributed by atoms with Gasteiger partial charge < -0.3 is 15.4 Å². The van der Waals surface area contributed by atoms with Gasteiger partial charge in [-0.05, 0) is 37.3 Å². The highest BCUT2D eigenvalue weighted by Crippen LogP contribution is 2.21. The van der Waals surface area contributed by atoms with Gasteiger partial charge in [-0.3, -0.25) is 9.59 Å². The fraction of sp³-hybridized carbons (Fsp3) is 0.263. The minimum Gasteiger partial charge on any atom is -0.481 e. The zero-order valence-corrected chi connectivity index (χ0v) is 16.1. The molecule has 8 nitrogen and oxygen atoms in total. The first-order valence-electron chi connectivity index (χ1n) is 8.76. The number of anilines is 1. The third-order valence-electron chi connectivity index (χ3n) is 4.17. The van der Waals surface area contributed by atoms with Crippen molar-refractivity contribution < 1.29 is 22.7 Å². The van der Waals surface area contributed by atoms with Crippen LogP contribution in [0.5, 0.6) is 5.75 Å². The molecule has 9 heteroatoms. The van der Waals surface area contributed by atoms with Crippen molar-refractivity contribution in [2.75, 3.05) is 25.0 Å². The first-order chi connectivity index (χ1) is 13.4. The average Bonchev–Trinajstić information content (AvgIpc) is 2.69. The van der Waals surface area contributed by atoms with Gasteiger partial charge in [-0.2, -0.15) is 4.31 Å². The first kappa shape index (κ1) is 19.8. The molecule has 2 N–H and O–H groups in total. The lowest BCUT2D eigenvalue weighted by atomic mass is 10.3. The van der Waals surface area contributed by atoms with Gasteiger partial charge in [-0.1, -0.05) is 24.3 Å². The molecule has 0 aromatic heterocycles. The zero-order chi connectivity index (χ0) is 20.1. The van der Waals surface area contributed by atoms with Crippen LogP contribution >= 0.6 is 0 Å². The summed E-state index contributed by atoms with van der Waals surface area (Å²) in [5.41, 5.74) is 0.330. The second kappa shape index (κ2) is 8.41. The molecule has 1 heterocycles. The van der Waals surface area contributed by atoms with Crippen molar-refractivity contribution in [3.8, 4) is 5.75 Å². The van der Waals surface area contributed by atoms with Crippen molar-refractivity contribution >= 4 is 27.5 Å². The molecule has 148 valence electrons. The molecule has 0 saturated carbocycles. The van der Waals surface area contributed by atoms with Crippen LogP contribution in [0, 0.1) is 0 Å². The summed E-state index contributed by atoms with van der Waals surface area (Å²) in [6.45, 7) is 1.85. The highest BCUT2D eigenvalue weighted by atomic mass is 32.2. The van der Waals surface area contributed by atoms with Gasteiger partial charge >= 0.3 is 0 Å². The number of ether oxygens (including phenoxy) is 1. The number of hydrogen-bond donors (Lipinski definition) is 2. The Hall–Kier alpha value is -2.91. The SMILES string of the molecule is CC(Oc1ccccc1)C(=O)Nc1cccc(S(=O)(=O)N2CCNC(=O)C2)c1. The molecule has 2 amide bonds. The Kier molecular flexibility index (Phi) is 5.96. The van der Waals surface area contributed by atoms with Gasteiger partial charge in [-0.15, -0.1) is 0 Å². The Bertz CT molecular complexity index is 963. The average molecular weight is 403 g/mol. The van der Waals surface area contributed by atoms with E-state index < -0.39 is 22.0 Å². The van der Waals surface area contributed by atoms with Crippen molar-refractivity contribution in [2.45, 2.75) is 17.9 Å². The minimum absolute atomic E-state index is 0.0108. The number of para-hydroxylation sites is 1. The van der Waals surface area contributed by atoms with Crippen LogP contribution in [0.3, 0.4) is 0 Å². The van der Waals surface area contributed by atoms with Crippen molar-refractivity contribution in [2.24, 2.45) is 0 Å². The van der Waals surface area contributed by atoms with Crippen molar-refractivity contribution in [1.82, 2.24) is 9.62 Å². The topological polar surface area (TPSA) is 105 Å². The molecule has 2 aromatic rings. The normalized spacial score (nSPS) is 16.1. The number of benzene rings is 2. The van der Waals surface area contributed by atoms with E-state index in [0.717, 1.165) is 4.31 Å². The van der Waals surface area contributed by atoms with Crippen LogP contribution in [-0.4, -0.2) is 50.3 Å². The second-order valence-electron chi connectivity index (χ2n) is 6.28. The van der Waals surface area contributed by atoms with Crippen LogP contribution in [0.15, 0.2) is 59.5 Å². The fourth-order valence-electron chi connectivity index (χ4n) is 2.70. The maximum atomic E-state index is 12.8. The van der Waals surface area contributed by atoms with E-state index in [-0.39, 0.29) is 30.4 Å². The molecule has 0 aliphatic carbocycles. The Balaban J connectivity index is 1.70. The lowest BCUT2D eigenvalue weighted by Crippen LogP contribution is -2.49. The highest BCUT2D eigenvalue weighted by Gasteiger charge is 2.29. The van der Waals surface area contributed by atoms with E-state index in [1.807, 2.05) is 6.07 Å². The molecule has 0 spiro atoms. The molecular formula is C19H21N3O5S. The van der Waals surface area contributed by atoms with Gasteiger partial charge in [0.15, 0.2) is 6.10 Å². The summed E-state index contributed by atoms with van der Waals surface area (Å²) in [7, 11) is -3.83. The van der Waals surface area contributed by atoms with Gasteiger partial charge in [0.05, 0.1) is 11.4 Å². The van der Waals surface area contributed by atoms with Crippen molar-refractivity contribution in [1.29, 1.82) is 0 Å². The van der Waals surface area contributed by atoms with Crippen LogP contribution in [0.1, 0.15) is 6.92 Å². The summed E-state index contributed by atoms with van der Waals surface area (Å²) >= 11 is 0. The molecule has 1 aliphatic heterocycles. The molecule has 0 bridgehead atoms. The standard InChI is InChI=1S/C19H21N3O5S/c1-14(27-16-7-3-2-4-8-16)19(24)21-15-6-5-9-17(12-15)28(25,26)22-11-10-20-18(23)13-22/h2-9,12,14H,10-11,13H2,1H3,(H,20,23)(H,21,24). The van der Waals surface area contributed by atoms with Crippen LogP contribution in [0.2, 0.25) is 0 Å². The number of piperazine rings is 1. The summed E-state index contributed by atoms with van der Waals surface area (Å²) in [5.74, 6) is -0.188. The number of carbonyl (C=O) groups excluding carboxylic acids is 2. The van der Waals surface area contributed by atoms with Crippen molar-refractivity contribution in [3.63, 3.8) is 0 Å². The molecule has 1 unspecified atom stereocenters. The lowest BCUT2D eigenvalue weighted by Gasteiger charge is -2.26. The smallest absolute Gasteiger partial charge is 0.265 e. The van der Waals surface area contributed by atoms with Crippen LogP contribution < -0.4 is 15.4 Å². The fourth-order valence-corrected chi connectivity index (χ4v) is 4.15. The van der Waals surface area contributed by atoms with Crippen LogP contribution in [-0.2, 0) is 19.6 Å². The molecule has 3 rings (SSSR count). The second-order valence-corrected chi connectivity index (χ2v) is 8.22. The van der Waals surface area contributed by atoms with Gasteiger partial charge in [-0.25, -0.2) is 8.42 Å². The van der Waals surface area contributed by atoms with E-state index in [2.05, 4.69) is 10.6 Å². The number of nitrogens with one attached hydrogen (secondary N) is 2. The first-order valence-corrected chi connectivity index (χ1v) is 10.2. The maximum Gasteiger partial charge on any atom is 0.265 e. The number of carbonyl (C=O) groups is 2. The molecular weight excluding hydrogens is 382 g/mol. The number of nitrogens with zero attached hydrogens (tertiary/aromatic N) is 1. The molecule has 1 saturated heterocycles. The van der Waals surface area contributed by atoms with Crippen molar-refractivity contribution in [3.05, 3.63) is 54.6 Å². The third-order valence-corrected chi connectivity index (χ3v) is 6.01. The lowest BCUT2D eigenvalue weighted by molar-refractivity contribution is -0.123. The molecule has 2 aromatic carbocycles. The molecule has 0 radical (unpaired) electrons. The monoisotopic (exact) mass is 403 g/mol. The summed E-state index contributed by atoms with van der Waals surface area (Å²) in [6.07, 6.45) is -0.770. The summed E-state index contributed by atoms with van der Waals surface area (Å²) in [5, 5.41) is 5.25. The molecule has 1 atom stereocenters. The number of amides is 2. The van der Waals surface area contributed by atoms with Gasteiger partial charge in [0.25, 0.3) is 5.91 Å². The Morgan fingerprint density at radius 1 is 1.18 bits per heavy atom. The summed E-state index contributed by atoms with van der Waals surface area (Å²) in [6, 6.07) is 14.9. The minimum atomic E-state index is -3.83. The number of hydrogen-bond acceptors (Lipinski definition) is 5. The predicted octanol–water partition coefficient (Wildman–Crippen LogP) is 1.21. The zero-order valence-electron chi connectivity index (χ0n) is 15.3. The summed E-state index contributed by atoms with van der Waals surface area (Å²) < 4.78 is 32.2. The van der Waals surface area contributed by atoms with E-state index in [1.165, 1.54) is 18.2 Å². The Morgan fingerprint density at radius 3 is 2.64 bits per heavy atom. The Morgan fingerprint density at radius 2 is 1.93 bits per heavy atom. The predicted molar refractivity (Wildman–Crippen MR) is 103 cm³/mol. The Labute approximate surface area is 163 Å².